The molecule has 4 aromatic rings. The Morgan fingerprint density at radius 2 is 1.93 bits per heavy atom. The van der Waals surface area contributed by atoms with Gasteiger partial charge in [0.25, 0.3) is 0 Å². The number of nitrogens with zero attached hydrogens (tertiary/aromatic N) is 2. The third kappa shape index (κ3) is 2.89. The summed E-state index contributed by atoms with van der Waals surface area (Å²) in [4.78, 5) is 7.50. The van der Waals surface area contributed by atoms with Crippen LogP contribution in [0.4, 0.5) is 10.1 Å². The number of para-hydroxylation sites is 1. The molecule has 4 rings (SSSR count). The number of aliphatic imine (C=N–C) groups is 1. The van der Waals surface area contributed by atoms with Gasteiger partial charge in [-0.05, 0) is 44.2 Å². The second kappa shape index (κ2) is 6.82. The van der Waals surface area contributed by atoms with Crippen LogP contribution in [0.5, 0.6) is 5.75 Å². The largest absolute Gasteiger partial charge is 0.508 e. The molecule has 0 aliphatic heterocycles. The number of hydrogen-bond acceptors (Lipinski definition) is 5. The summed E-state index contributed by atoms with van der Waals surface area (Å²) in [5, 5.41) is 23.8. The van der Waals surface area contributed by atoms with Gasteiger partial charge < -0.3 is 14.6 Å². The molecular weight excluding hydrogens is 363 g/mol. The van der Waals surface area contributed by atoms with Gasteiger partial charge in [-0.25, -0.2) is 9.38 Å². The van der Waals surface area contributed by atoms with Gasteiger partial charge in [0.2, 0.25) is 0 Å². The molecule has 2 heterocycles. The van der Waals surface area contributed by atoms with E-state index in [1.807, 2.05) is 0 Å². The van der Waals surface area contributed by atoms with E-state index in [-0.39, 0.29) is 17.1 Å². The van der Waals surface area contributed by atoms with Gasteiger partial charge >= 0.3 is 0 Å². The Balaban J connectivity index is 2.02. The summed E-state index contributed by atoms with van der Waals surface area (Å²) < 4.78 is 19.7. The van der Waals surface area contributed by atoms with Crippen molar-refractivity contribution in [1.29, 1.82) is 0 Å². The van der Waals surface area contributed by atoms with Crippen LogP contribution in [-0.2, 0) is 0 Å². The van der Waals surface area contributed by atoms with Crippen LogP contribution in [0.2, 0.25) is 0 Å². The highest BCUT2D eigenvalue weighted by Gasteiger charge is 2.24. The summed E-state index contributed by atoms with van der Waals surface area (Å²) in [6, 6.07) is 10.8. The molecule has 0 amide bonds. The minimum absolute atomic E-state index is 0.100. The van der Waals surface area contributed by atoms with Crippen molar-refractivity contribution in [2.75, 3.05) is 0 Å². The van der Waals surface area contributed by atoms with E-state index in [2.05, 4.69) is 20.6 Å². The van der Waals surface area contributed by atoms with Crippen LogP contribution in [0.25, 0.3) is 22.2 Å². The Kier molecular flexibility index (Phi) is 4.32. The minimum atomic E-state index is -0.432. The van der Waals surface area contributed by atoms with Gasteiger partial charge in [-0.15, -0.1) is 0 Å². The fraction of sp³-hybridized carbons (Fsp3) is 0.100. The van der Waals surface area contributed by atoms with Gasteiger partial charge in [0.1, 0.15) is 17.3 Å². The Morgan fingerprint density at radius 3 is 2.57 bits per heavy atom. The normalized spacial score (nSPS) is 11.9. The number of benzene rings is 2. The Labute approximate surface area is 159 Å². The van der Waals surface area contributed by atoms with Crippen LogP contribution in [0, 0.1) is 19.7 Å². The minimum Gasteiger partial charge on any atom is -0.508 e. The monoisotopic (exact) mass is 380 g/mol. The van der Waals surface area contributed by atoms with Crippen LogP contribution in [0.3, 0.4) is 0 Å². The van der Waals surface area contributed by atoms with Gasteiger partial charge in [0.15, 0.2) is 5.84 Å². The summed E-state index contributed by atoms with van der Waals surface area (Å²) in [7, 11) is 0. The average molecular weight is 380 g/mol. The number of aromatic amines is 1. The number of aromatic nitrogens is 2. The molecule has 0 unspecified atom stereocenters. The predicted octanol–water partition coefficient (Wildman–Crippen LogP) is 4.34. The van der Waals surface area contributed by atoms with Gasteiger partial charge in [0, 0.05) is 5.39 Å². The van der Waals surface area contributed by atoms with Crippen molar-refractivity contribution in [2.24, 2.45) is 4.99 Å². The van der Waals surface area contributed by atoms with Crippen molar-refractivity contribution in [3.8, 4) is 17.0 Å². The quantitative estimate of drug-likeness (QED) is 0.240. The van der Waals surface area contributed by atoms with Crippen molar-refractivity contribution in [2.45, 2.75) is 13.8 Å². The van der Waals surface area contributed by atoms with Crippen molar-refractivity contribution < 1.29 is 19.2 Å². The van der Waals surface area contributed by atoms with Crippen molar-refractivity contribution >= 4 is 22.4 Å². The Morgan fingerprint density at radius 1 is 1.18 bits per heavy atom. The number of hydrogen-bond donors (Lipinski definition) is 4. The van der Waals surface area contributed by atoms with E-state index in [0.717, 1.165) is 0 Å². The van der Waals surface area contributed by atoms with Crippen molar-refractivity contribution in [3.05, 3.63) is 65.3 Å². The Hall–Kier alpha value is -3.65. The number of amidine groups is 1. The number of fused-ring (bicyclic) bond motifs is 1. The van der Waals surface area contributed by atoms with Gasteiger partial charge in [0.05, 0.1) is 33.7 Å². The highest BCUT2D eigenvalue weighted by Crippen LogP contribution is 2.35. The topological polar surface area (TPSA) is 107 Å². The summed E-state index contributed by atoms with van der Waals surface area (Å²) in [6.07, 6.45) is 0. The zero-order valence-corrected chi connectivity index (χ0v) is 15.1. The van der Waals surface area contributed by atoms with E-state index in [1.54, 1.807) is 38.1 Å². The SMILES string of the molecule is Cc1noc(C)c1-c1[nH]c2c(F)cccc2c1C(=Nc1ccc(O)cc1)NO. The number of H-pyrrole nitrogens is 1. The third-order valence-electron chi connectivity index (χ3n) is 4.50. The number of nitrogens with one attached hydrogen (secondary N) is 2. The average Bonchev–Trinajstić information content (AvgIpc) is 3.22. The first-order valence-corrected chi connectivity index (χ1v) is 8.51. The van der Waals surface area contributed by atoms with Crippen molar-refractivity contribution in [1.82, 2.24) is 15.6 Å². The van der Waals surface area contributed by atoms with E-state index in [9.17, 15) is 14.7 Å². The summed E-state index contributed by atoms with van der Waals surface area (Å²) in [6.45, 7) is 3.53. The molecule has 0 fully saturated rings. The lowest BCUT2D eigenvalue weighted by atomic mass is 10.0. The first kappa shape index (κ1) is 17.7. The molecule has 8 heteroatoms. The molecule has 0 saturated heterocycles. The maximum absolute atomic E-state index is 14.4. The first-order valence-electron chi connectivity index (χ1n) is 8.51. The maximum Gasteiger partial charge on any atom is 0.160 e. The molecule has 28 heavy (non-hydrogen) atoms. The number of rotatable bonds is 3. The van der Waals surface area contributed by atoms with Crippen LogP contribution in [0.15, 0.2) is 52.0 Å². The number of aromatic hydroxyl groups is 1. The van der Waals surface area contributed by atoms with Gasteiger partial charge in [-0.1, -0.05) is 17.3 Å². The van der Waals surface area contributed by atoms with E-state index in [0.29, 0.717) is 39.3 Å². The standard InChI is InChI=1S/C20H17FN4O3/c1-10-16(11(2)28-25-10)19-17(14-4-3-5-15(21)18(14)23-19)20(24-27)22-12-6-8-13(26)9-7-12/h3-9,23,26-27H,1-2H3,(H,22,24). The van der Waals surface area contributed by atoms with Crippen LogP contribution >= 0.6 is 0 Å². The van der Waals surface area contributed by atoms with E-state index in [1.165, 1.54) is 18.2 Å². The zero-order chi connectivity index (χ0) is 19.8. The van der Waals surface area contributed by atoms with Crippen LogP contribution in [0.1, 0.15) is 17.0 Å². The molecule has 0 radical (unpaired) electrons. The molecule has 2 aromatic heterocycles. The lowest BCUT2D eigenvalue weighted by Crippen LogP contribution is -2.20. The second-order valence-corrected chi connectivity index (χ2v) is 6.33. The predicted molar refractivity (Wildman–Crippen MR) is 102 cm³/mol. The fourth-order valence-electron chi connectivity index (χ4n) is 3.25. The smallest absolute Gasteiger partial charge is 0.160 e. The molecular formula is C20H17FN4O3. The lowest BCUT2D eigenvalue weighted by Gasteiger charge is -2.08. The molecule has 0 aliphatic carbocycles. The number of halogens is 1. The number of phenolic OH excluding ortho intramolecular Hbond substituents is 1. The molecule has 0 atom stereocenters. The summed E-state index contributed by atoms with van der Waals surface area (Å²) >= 11 is 0. The number of aryl methyl sites for hydroxylation is 2. The van der Waals surface area contributed by atoms with Gasteiger partial charge in [-0.2, -0.15) is 0 Å². The zero-order valence-electron chi connectivity index (χ0n) is 15.1. The molecule has 7 nitrogen and oxygen atoms in total. The van der Waals surface area contributed by atoms with E-state index >= 15 is 0 Å². The lowest BCUT2D eigenvalue weighted by molar-refractivity contribution is 0.235. The molecule has 0 saturated carbocycles. The first-order chi connectivity index (χ1) is 13.5. The fourth-order valence-corrected chi connectivity index (χ4v) is 3.25. The summed E-state index contributed by atoms with van der Waals surface area (Å²) in [5.41, 5.74) is 5.16. The third-order valence-corrected chi connectivity index (χ3v) is 4.50. The maximum atomic E-state index is 14.4. The number of phenols is 1. The molecule has 4 N–H and O–H groups in total. The second-order valence-electron chi connectivity index (χ2n) is 6.33. The molecule has 0 spiro atoms. The highest BCUT2D eigenvalue weighted by atomic mass is 19.1. The number of hydroxylamine groups is 1. The van der Waals surface area contributed by atoms with Gasteiger partial charge in [-0.3, -0.25) is 10.7 Å². The highest BCUT2D eigenvalue weighted by molar-refractivity contribution is 6.15. The van der Waals surface area contributed by atoms with Crippen LogP contribution in [-0.4, -0.2) is 26.3 Å². The Bertz CT molecular complexity index is 1170. The van der Waals surface area contributed by atoms with Crippen LogP contribution < -0.4 is 5.48 Å². The molecule has 142 valence electrons. The van der Waals surface area contributed by atoms with Crippen molar-refractivity contribution in [3.63, 3.8) is 0 Å². The van der Waals surface area contributed by atoms with E-state index in [4.69, 9.17) is 4.52 Å². The summed E-state index contributed by atoms with van der Waals surface area (Å²) in [5.74, 6) is 0.326. The molecule has 0 aliphatic rings. The van der Waals surface area contributed by atoms with E-state index < -0.39 is 5.82 Å². The molecule has 2 aromatic carbocycles. The molecule has 0 bridgehead atoms.